The molecule has 1 fully saturated rings. The maximum atomic E-state index is 12.7. The van der Waals surface area contributed by atoms with Crippen LogP contribution in [0.4, 0.5) is 0 Å². The zero-order valence-electron chi connectivity index (χ0n) is 12.9. The predicted molar refractivity (Wildman–Crippen MR) is 87.1 cm³/mol. The van der Waals surface area contributed by atoms with E-state index >= 15 is 0 Å². The minimum Gasteiger partial charge on any atom is -0.393 e. The smallest absolute Gasteiger partial charge is 0.251 e. The summed E-state index contributed by atoms with van der Waals surface area (Å²) >= 11 is 0. The normalized spacial score (nSPS) is 21.2. The molecule has 0 saturated heterocycles. The Bertz CT molecular complexity index is 858. The van der Waals surface area contributed by atoms with Crippen LogP contribution in [0, 0.1) is 5.92 Å². The Morgan fingerprint density at radius 2 is 2.04 bits per heavy atom. The summed E-state index contributed by atoms with van der Waals surface area (Å²) in [5.41, 5.74) is 2.70. The van der Waals surface area contributed by atoms with Crippen LogP contribution < -0.4 is 5.32 Å². The highest BCUT2D eigenvalue weighted by Crippen LogP contribution is 2.37. The zero-order chi connectivity index (χ0) is 16.5. The van der Waals surface area contributed by atoms with Crippen molar-refractivity contribution in [1.82, 2.24) is 25.7 Å². The Hall–Kier alpha value is -2.80. The van der Waals surface area contributed by atoms with Gasteiger partial charge in [-0.05, 0) is 49.1 Å². The molecule has 0 bridgehead atoms. The number of H-pyrrole nitrogens is 1. The molecule has 1 amide bonds. The number of carbonyl (C=O) groups is 1. The van der Waals surface area contributed by atoms with E-state index in [0.717, 1.165) is 11.2 Å². The lowest BCUT2D eigenvalue weighted by Crippen LogP contribution is -2.41. The van der Waals surface area contributed by atoms with Crippen molar-refractivity contribution in [3.63, 3.8) is 0 Å². The van der Waals surface area contributed by atoms with Crippen LogP contribution in [-0.4, -0.2) is 37.5 Å². The first-order valence-corrected chi connectivity index (χ1v) is 7.91. The van der Waals surface area contributed by atoms with Crippen molar-refractivity contribution in [2.75, 3.05) is 0 Å². The molecule has 0 aliphatic heterocycles. The number of benzene rings is 1. The number of aliphatic hydroxyl groups excluding tert-OH is 1. The summed E-state index contributed by atoms with van der Waals surface area (Å²) < 4.78 is 0. The summed E-state index contributed by atoms with van der Waals surface area (Å²) in [4.78, 5) is 17.0. The van der Waals surface area contributed by atoms with Gasteiger partial charge in [-0.2, -0.15) is 15.4 Å². The second kappa shape index (κ2) is 6.01. The van der Waals surface area contributed by atoms with Crippen LogP contribution >= 0.6 is 0 Å². The second-order valence-electron chi connectivity index (χ2n) is 6.12. The summed E-state index contributed by atoms with van der Waals surface area (Å²) in [7, 11) is 0. The summed E-state index contributed by atoms with van der Waals surface area (Å²) in [6.07, 6.45) is 2.77. The van der Waals surface area contributed by atoms with Gasteiger partial charge in [0.2, 0.25) is 0 Å². The summed E-state index contributed by atoms with van der Waals surface area (Å²) in [5, 5.41) is 23.2. The number of hydrogen-bond donors (Lipinski definition) is 3. The maximum absolute atomic E-state index is 12.7. The number of fused-ring (bicyclic) bond motifs is 1. The molecule has 3 N–H and O–H groups in total. The Kier molecular flexibility index (Phi) is 3.70. The number of aromatic nitrogens is 4. The van der Waals surface area contributed by atoms with Gasteiger partial charge in [0.25, 0.3) is 5.91 Å². The lowest BCUT2D eigenvalue weighted by molar-refractivity contribution is 0.0228. The SMILES string of the molecule is O=C(N[C@H](c1ccccn1)C1CC(O)C1)c1ccc2n[nH]nc2c1. The van der Waals surface area contributed by atoms with Gasteiger partial charge < -0.3 is 10.4 Å². The number of nitrogens with one attached hydrogen (secondary N) is 2. The quantitative estimate of drug-likeness (QED) is 0.676. The average Bonchev–Trinajstić information content (AvgIpc) is 3.05. The van der Waals surface area contributed by atoms with Crippen molar-refractivity contribution < 1.29 is 9.90 Å². The van der Waals surface area contributed by atoms with Crippen molar-refractivity contribution in [3.8, 4) is 0 Å². The molecule has 3 aromatic rings. The molecular weight excluding hydrogens is 306 g/mol. The maximum Gasteiger partial charge on any atom is 0.251 e. The predicted octanol–water partition coefficient (Wildman–Crippen LogP) is 1.59. The number of aromatic amines is 1. The van der Waals surface area contributed by atoms with Crippen LogP contribution in [0.1, 0.15) is 34.9 Å². The van der Waals surface area contributed by atoms with Gasteiger partial charge in [-0.15, -0.1) is 0 Å². The fourth-order valence-electron chi connectivity index (χ4n) is 3.10. The van der Waals surface area contributed by atoms with Gasteiger partial charge in [-0.25, -0.2) is 0 Å². The largest absolute Gasteiger partial charge is 0.393 e. The molecule has 1 aliphatic carbocycles. The Morgan fingerprint density at radius 3 is 2.79 bits per heavy atom. The molecular formula is C17H17N5O2. The van der Waals surface area contributed by atoms with E-state index in [2.05, 4.69) is 25.7 Å². The molecule has 24 heavy (non-hydrogen) atoms. The van der Waals surface area contributed by atoms with Crippen LogP contribution in [-0.2, 0) is 0 Å². The number of hydrogen-bond acceptors (Lipinski definition) is 5. The summed E-state index contributed by atoms with van der Waals surface area (Å²) in [6.45, 7) is 0. The molecule has 1 aromatic carbocycles. The van der Waals surface area contributed by atoms with Gasteiger partial charge >= 0.3 is 0 Å². The van der Waals surface area contributed by atoms with E-state index in [-0.39, 0.29) is 24.0 Å². The molecule has 122 valence electrons. The van der Waals surface area contributed by atoms with Crippen molar-refractivity contribution in [3.05, 3.63) is 53.9 Å². The molecule has 2 heterocycles. The molecule has 7 nitrogen and oxygen atoms in total. The molecule has 1 aliphatic rings. The van der Waals surface area contributed by atoms with Crippen LogP contribution in [0.25, 0.3) is 11.0 Å². The fraction of sp³-hybridized carbons (Fsp3) is 0.294. The minimum absolute atomic E-state index is 0.183. The topological polar surface area (TPSA) is 104 Å². The number of rotatable bonds is 4. The number of pyridine rings is 1. The molecule has 1 atom stereocenters. The number of aliphatic hydroxyl groups is 1. The van der Waals surface area contributed by atoms with Crippen molar-refractivity contribution >= 4 is 16.9 Å². The second-order valence-corrected chi connectivity index (χ2v) is 6.12. The van der Waals surface area contributed by atoms with Gasteiger partial charge in [0, 0.05) is 11.8 Å². The van der Waals surface area contributed by atoms with E-state index in [0.29, 0.717) is 23.9 Å². The van der Waals surface area contributed by atoms with Gasteiger partial charge in [-0.3, -0.25) is 9.78 Å². The Morgan fingerprint density at radius 1 is 1.21 bits per heavy atom. The number of carbonyl (C=O) groups excluding carboxylic acids is 1. The molecule has 0 spiro atoms. The summed E-state index contributed by atoms with van der Waals surface area (Å²) in [6, 6.07) is 10.6. The summed E-state index contributed by atoms with van der Waals surface area (Å²) in [5.74, 6) is 0.00609. The minimum atomic E-state index is -0.287. The van der Waals surface area contributed by atoms with Crippen LogP contribution in [0.15, 0.2) is 42.6 Å². The van der Waals surface area contributed by atoms with Gasteiger partial charge in [-0.1, -0.05) is 6.07 Å². The first kappa shape index (κ1) is 14.8. The first-order chi connectivity index (χ1) is 11.7. The van der Waals surface area contributed by atoms with E-state index in [1.165, 1.54) is 0 Å². The Labute approximate surface area is 138 Å². The average molecular weight is 323 g/mol. The molecule has 1 saturated carbocycles. The van der Waals surface area contributed by atoms with Gasteiger partial charge in [0.1, 0.15) is 11.0 Å². The zero-order valence-corrected chi connectivity index (χ0v) is 12.9. The first-order valence-electron chi connectivity index (χ1n) is 7.91. The van der Waals surface area contributed by atoms with Crippen LogP contribution in [0.3, 0.4) is 0 Å². The van der Waals surface area contributed by atoms with Gasteiger partial charge in [0.05, 0.1) is 17.8 Å². The molecule has 4 rings (SSSR count). The Balaban J connectivity index is 1.58. The van der Waals surface area contributed by atoms with Gasteiger partial charge in [0.15, 0.2) is 0 Å². The lowest BCUT2D eigenvalue weighted by Gasteiger charge is -2.37. The number of nitrogens with zero attached hydrogens (tertiary/aromatic N) is 3. The van der Waals surface area contributed by atoms with E-state index in [9.17, 15) is 9.90 Å². The van der Waals surface area contributed by atoms with E-state index in [1.807, 2.05) is 18.2 Å². The highest BCUT2D eigenvalue weighted by molar-refractivity contribution is 5.97. The highest BCUT2D eigenvalue weighted by atomic mass is 16.3. The van der Waals surface area contributed by atoms with E-state index < -0.39 is 0 Å². The third-order valence-corrected chi connectivity index (χ3v) is 4.49. The fourth-order valence-corrected chi connectivity index (χ4v) is 3.10. The molecule has 0 radical (unpaired) electrons. The van der Waals surface area contributed by atoms with E-state index in [4.69, 9.17) is 0 Å². The molecule has 0 unspecified atom stereocenters. The molecule has 2 aromatic heterocycles. The molecule has 7 heteroatoms. The van der Waals surface area contributed by atoms with Crippen LogP contribution in [0.2, 0.25) is 0 Å². The van der Waals surface area contributed by atoms with Crippen molar-refractivity contribution in [2.45, 2.75) is 25.0 Å². The standard InChI is InChI=1S/C17H17N5O2/c23-12-7-11(8-12)16(14-3-1-2-6-18-14)19-17(24)10-4-5-13-15(9-10)21-22-20-13/h1-6,9,11-12,16,23H,7-8H2,(H,19,24)(H,20,21,22)/t11?,12?,16-/m0/s1. The highest BCUT2D eigenvalue weighted by Gasteiger charge is 2.36. The van der Waals surface area contributed by atoms with Crippen molar-refractivity contribution in [2.24, 2.45) is 5.92 Å². The van der Waals surface area contributed by atoms with E-state index in [1.54, 1.807) is 24.4 Å². The van der Waals surface area contributed by atoms with Crippen molar-refractivity contribution in [1.29, 1.82) is 0 Å². The monoisotopic (exact) mass is 323 g/mol. The third kappa shape index (κ3) is 2.74. The lowest BCUT2D eigenvalue weighted by atomic mass is 9.76. The number of amides is 1. The third-order valence-electron chi connectivity index (χ3n) is 4.49. The van der Waals surface area contributed by atoms with Crippen LogP contribution in [0.5, 0.6) is 0 Å².